The molecule has 0 amide bonds. The molecule has 0 aliphatic heterocycles. The molecule has 0 atom stereocenters. The lowest BCUT2D eigenvalue weighted by molar-refractivity contribution is -0.165. The van der Waals surface area contributed by atoms with E-state index in [4.69, 9.17) is 19.9 Å². The summed E-state index contributed by atoms with van der Waals surface area (Å²) in [4.78, 5) is 36.2. The molecule has 0 spiro atoms. The molecule has 0 aromatic heterocycles. The van der Waals surface area contributed by atoms with Gasteiger partial charge in [0.2, 0.25) is 0 Å². The lowest BCUT2D eigenvalue weighted by Crippen LogP contribution is -2.33. The van der Waals surface area contributed by atoms with Crippen LogP contribution >= 0.6 is 0 Å². The first-order valence-corrected chi connectivity index (χ1v) is 19.3. The average molecular weight is 674 g/mol. The van der Waals surface area contributed by atoms with E-state index < -0.39 is 12.1 Å². The fourth-order valence-electron chi connectivity index (χ4n) is 5.03. The first-order chi connectivity index (χ1) is 23.5. The van der Waals surface area contributed by atoms with Gasteiger partial charge in [0.25, 0.3) is 0 Å². The Morgan fingerprint density at radius 1 is 0.479 bits per heavy atom. The Morgan fingerprint density at radius 3 is 1.21 bits per heavy atom. The maximum Gasteiger partial charge on any atom is 0.320 e. The third-order valence-electron chi connectivity index (χ3n) is 7.99. The van der Waals surface area contributed by atoms with E-state index in [9.17, 15) is 14.4 Å². The van der Waals surface area contributed by atoms with Crippen molar-refractivity contribution in [3.05, 3.63) is 48.6 Å². The Labute approximate surface area is 294 Å². The second-order valence-corrected chi connectivity index (χ2v) is 12.6. The monoisotopic (exact) mass is 674 g/mol. The number of hydrogen-bond donors (Lipinski definition) is 1. The minimum absolute atomic E-state index is 0.151. The molecular formula is C41H71NO6. The van der Waals surface area contributed by atoms with Gasteiger partial charge in [-0.1, -0.05) is 127 Å². The number of carbonyl (C=O) groups excluding carboxylic acids is 3. The number of nitrogens with two attached hydrogens (primary N) is 1. The highest BCUT2D eigenvalue weighted by molar-refractivity contribution is 5.72. The van der Waals surface area contributed by atoms with Crippen molar-refractivity contribution in [2.45, 2.75) is 174 Å². The molecule has 0 fully saturated rings. The Morgan fingerprint density at radius 2 is 0.833 bits per heavy atom. The lowest BCUT2D eigenvalue weighted by atomic mass is 10.1. The molecule has 0 unspecified atom stereocenters. The van der Waals surface area contributed by atoms with Crippen LogP contribution in [0.15, 0.2) is 48.6 Å². The molecule has 48 heavy (non-hydrogen) atoms. The molecule has 2 N–H and O–H groups in total. The largest absolute Gasteiger partial charge is 0.462 e. The van der Waals surface area contributed by atoms with Crippen LogP contribution in [-0.2, 0) is 28.6 Å². The van der Waals surface area contributed by atoms with Crippen molar-refractivity contribution in [2.24, 2.45) is 5.73 Å². The van der Waals surface area contributed by atoms with Crippen LogP contribution < -0.4 is 5.73 Å². The summed E-state index contributed by atoms with van der Waals surface area (Å²) in [6.07, 6.45) is 42.4. The molecule has 7 nitrogen and oxygen atoms in total. The Kier molecular flexibility index (Phi) is 35.1. The van der Waals surface area contributed by atoms with Gasteiger partial charge in [-0.15, -0.1) is 0 Å². The summed E-state index contributed by atoms with van der Waals surface area (Å²) in [7, 11) is 0. The molecule has 0 aliphatic rings. The topological polar surface area (TPSA) is 105 Å². The van der Waals surface area contributed by atoms with Crippen LogP contribution in [0, 0.1) is 0 Å². The molecule has 0 bridgehead atoms. The van der Waals surface area contributed by atoms with Crippen LogP contribution in [0.2, 0.25) is 0 Å². The fraction of sp³-hybridized carbons (Fsp3) is 0.732. The van der Waals surface area contributed by atoms with Crippen molar-refractivity contribution in [2.75, 3.05) is 19.8 Å². The van der Waals surface area contributed by atoms with Crippen LogP contribution in [0.1, 0.15) is 168 Å². The third-order valence-corrected chi connectivity index (χ3v) is 7.99. The van der Waals surface area contributed by atoms with Gasteiger partial charge in [0.05, 0.1) is 6.54 Å². The smallest absolute Gasteiger partial charge is 0.320 e. The zero-order chi connectivity index (χ0) is 35.2. The first kappa shape index (κ1) is 45.3. The highest BCUT2D eigenvalue weighted by Crippen LogP contribution is 2.11. The molecule has 0 saturated carbocycles. The summed E-state index contributed by atoms with van der Waals surface area (Å²) in [5, 5.41) is 0. The summed E-state index contributed by atoms with van der Waals surface area (Å²) in [6.45, 7) is 3.86. The van der Waals surface area contributed by atoms with Gasteiger partial charge in [-0.25, -0.2) is 0 Å². The van der Waals surface area contributed by atoms with Gasteiger partial charge in [-0.2, -0.15) is 0 Å². The molecule has 0 saturated heterocycles. The second-order valence-electron chi connectivity index (χ2n) is 12.6. The summed E-state index contributed by atoms with van der Waals surface area (Å²) in [6, 6.07) is 0. The minimum atomic E-state index is -0.858. The van der Waals surface area contributed by atoms with E-state index in [1.807, 2.05) is 0 Å². The summed E-state index contributed by atoms with van der Waals surface area (Å²) >= 11 is 0. The Bertz CT molecular complexity index is 816. The van der Waals surface area contributed by atoms with Gasteiger partial charge in [0.1, 0.15) is 13.2 Å². The zero-order valence-corrected chi connectivity index (χ0v) is 30.8. The number of allylic oxidation sites excluding steroid dienone is 8. The van der Waals surface area contributed by atoms with E-state index in [0.717, 1.165) is 89.9 Å². The Hall–Kier alpha value is -2.67. The van der Waals surface area contributed by atoms with Gasteiger partial charge in [-0.3, -0.25) is 14.4 Å². The minimum Gasteiger partial charge on any atom is -0.462 e. The molecule has 7 heteroatoms. The molecular weight excluding hydrogens is 602 g/mol. The standard InChI is InChI=1S/C41H71NO6/c1-3-5-7-9-11-13-15-17-19-21-23-25-27-29-31-33-39(43)46-36-38(48-41(45)35-42)37-47-40(44)34-32-30-28-26-24-22-20-18-16-14-12-10-8-6-4-2/h11-14,17-20,38H,3-10,15-16,21-37,42H2,1-2H3/b13-11-,14-12-,19-17-,20-18-. The number of hydrogen-bond acceptors (Lipinski definition) is 7. The molecule has 0 aliphatic carbocycles. The number of esters is 3. The number of rotatable bonds is 34. The molecule has 0 rings (SSSR count). The van der Waals surface area contributed by atoms with E-state index in [1.54, 1.807) is 0 Å². The van der Waals surface area contributed by atoms with Crippen LogP contribution in [-0.4, -0.2) is 43.8 Å². The van der Waals surface area contributed by atoms with Crippen molar-refractivity contribution in [3.8, 4) is 0 Å². The van der Waals surface area contributed by atoms with E-state index in [-0.39, 0.29) is 31.7 Å². The van der Waals surface area contributed by atoms with Crippen LogP contribution in [0.4, 0.5) is 0 Å². The van der Waals surface area contributed by atoms with E-state index >= 15 is 0 Å². The van der Waals surface area contributed by atoms with Crippen LogP contribution in [0.25, 0.3) is 0 Å². The molecule has 0 heterocycles. The van der Waals surface area contributed by atoms with Gasteiger partial charge in [-0.05, 0) is 77.0 Å². The van der Waals surface area contributed by atoms with E-state index in [0.29, 0.717) is 12.8 Å². The van der Waals surface area contributed by atoms with Gasteiger partial charge < -0.3 is 19.9 Å². The molecule has 0 radical (unpaired) electrons. The maximum absolute atomic E-state index is 12.2. The van der Waals surface area contributed by atoms with Gasteiger partial charge in [0.15, 0.2) is 6.10 Å². The molecule has 276 valence electrons. The predicted molar refractivity (Wildman–Crippen MR) is 200 cm³/mol. The number of ether oxygens (including phenoxy) is 3. The summed E-state index contributed by atoms with van der Waals surface area (Å²) in [5.74, 6) is -1.31. The van der Waals surface area contributed by atoms with Crippen molar-refractivity contribution in [1.29, 1.82) is 0 Å². The van der Waals surface area contributed by atoms with Crippen molar-refractivity contribution >= 4 is 17.9 Å². The lowest BCUT2D eigenvalue weighted by Gasteiger charge is -2.17. The third kappa shape index (κ3) is 34.7. The van der Waals surface area contributed by atoms with Crippen molar-refractivity contribution < 1.29 is 28.6 Å². The van der Waals surface area contributed by atoms with Crippen LogP contribution in [0.5, 0.6) is 0 Å². The van der Waals surface area contributed by atoms with Gasteiger partial charge >= 0.3 is 17.9 Å². The highest BCUT2D eigenvalue weighted by atomic mass is 16.6. The normalized spacial score (nSPS) is 11.9. The summed E-state index contributed by atoms with van der Waals surface area (Å²) in [5.41, 5.74) is 5.37. The van der Waals surface area contributed by atoms with E-state index in [1.165, 1.54) is 51.4 Å². The Balaban J connectivity index is 3.92. The number of unbranched alkanes of at least 4 members (excludes halogenated alkanes) is 16. The number of carbonyl (C=O) groups is 3. The quantitative estimate of drug-likeness (QED) is 0.0314. The van der Waals surface area contributed by atoms with Gasteiger partial charge in [0, 0.05) is 12.8 Å². The SMILES string of the molecule is CCCCC/C=C\C/C=C\CCCCCCCC(=O)OCC(COC(=O)CCCCCCC/C=C\C/C=C\CCCCC)OC(=O)CN. The fourth-order valence-corrected chi connectivity index (χ4v) is 5.03. The van der Waals surface area contributed by atoms with Crippen molar-refractivity contribution in [3.63, 3.8) is 0 Å². The molecule has 0 aromatic rings. The molecule has 0 aromatic carbocycles. The van der Waals surface area contributed by atoms with E-state index in [2.05, 4.69) is 62.5 Å². The first-order valence-electron chi connectivity index (χ1n) is 19.3. The predicted octanol–water partition coefficient (Wildman–Crippen LogP) is 10.6. The van der Waals surface area contributed by atoms with Crippen LogP contribution in [0.3, 0.4) is 0 Å². The average Bonchev–Trinajstić information content (AvgIpc) is 3.09. The van der Waals surface area contributed by atoms with Crippen molar-refractivity contribution in [1.82, 2.24) is 0 Å². The maximum atomic E-state index is 12.2. The highest BCUT2D eigenvalue weighted by Gasteiger charge is 2.19. The zero-order valence-electron chi connectivity index (χ0n) is 30.8. The summed E-state index contributed by atoms with van der Waals surface area (Å²) < 4.78 is 15.9. The second kappa shape index (κ2) is 37.2.